The number of nitrogens with zero attached hydrogens (tertiary/aromatic N) is 4. The number of benzodiazepines with no additional fused rings is 1. The lowest BCUT2D eigenvalue weighted by Gasteiger charge is -2.30. The van der Waals surface area contributed by atoms with Crippen molar-refractivity contribution < 1.29 is 9.72 Å². The number of carbonyl (C=O) groups is 1. The molecule has 1 amide bonds. The van der Waals surface area contributed by atoms with E-state index >= 15 is 0 Å². The number of fused-ring (bicyclic) bond motifs is 1. The van der Waals surface area contributed by atoms with E-state index in [4.69, 9.17) is 16.6 Å². The summed E-state index contributed by atoms with van der Waals surface area (Å²) in [6, 6.07) is 12.0. The van der Waals surface area contributed by atoms with E-state index in [1.807, 2.05) is 25.2 Å². The number of likely N-dealkylation sites (N-methyl/N-ethyl adjacent to an activating group) is 1. The third kappa shape index (κ3) is 4.25. The van der Waals surface area contributed by atoms with E-state index in [0.717, 1.165) is 12.8 Å². The molecule has 0 atom stereocenters. The predicted octanol–water partition coefficient (Wildman–Crippen LogP) is 5.17. The van der Waals surface area contributed by atoms with Crippen LogP contribution in [-0.2, 0) is 4.79 Å². The van der Waals surface area contributed by atoms with Gasteiger partial charge in [0.2, 0.25) is 0 Å². The van der Waals surface area contributed by atoms with Crippen LogP contribution in [0.3, 0.4) is 0 Å². The number of rotatable bonds is 4. The minimum atomic E-state index is -0.454. The fourth-order valence-corrected chi connectivity index (χ4v) is 4.58. The highest BCUT2D eigenvalue weighted by Gasteiger charge is 2.29. The van der Waals surface area contributed by atoms with Gasteiger partial charge in [0.05, 0.1) is 16.3 Å². The van der Waals surface area contributed by atoms with E-state index in [1.165, 1.54) is 36.3 Å². The zero-order valence-corrected chi connectivity index (χ0v) is 18.9. The Morgan fingerprint density at radius 2 is 1.88 bits per heavy atom. The van der Waals surface area contributed by atoms with E-state index in [0.29, 0.717) is 33.6 Å². The maximum Gasteiger partial charge on any atom is 0.278 e. The van der Waals surface area contributed by atoms with Crippen molar-refractivity contribution in [1.29, 1.82) is 0 Å². The van der Waals surface area contributed by atoms with Gasteiger partial charge in [-0.3, -0.25) is 14.9 Å². The highest BCUT2D eigenvalue weighted by Crippen LogP contribution is 2.34. The number of amides is 1. The molecule has 0 radical (unpaired) electrons. The first-order valence-electron chi connectivity index (χ1n) is 10.7. The van der Waals surface area contributed by atoms with Gasteiger partial charge in [-0.15, -0.1) is 0 Å². The Labute approximate surface area is 192 Å². The molecule has 0 saturated heterocycles. The van der Waals surface area contributed by atoms with E-state index in [1.54, 1.807) is 25.4 Å². The Kier molecular flexibility index (Phi) is 6.28. The molecular formula is C24H25ClN4O3. The molecule has 0 bridgehead atoms. The Morgan fingerprint density at radius 1 is 1.16 bits per heavy atom. The number of halogens is 1. The number of nitro benzene ring substituents is 1. The normalized spacial score (nSPS) is 18.2. The van der Waals surface area contributed by atoms with E-state index in [2.05, 4.69) is 4.90 Å². The standard InChI is InChI=1S/C24H25ClN4O3/c1-27(16-8-4-3-5-9-16)15-21-24(30)28(2)22-13-12-17(29(31)32)14-19(22)23(26-21)18-10-6-7-11-20(18)25/h6-7,10-16H,3-5,8-9H2,1-2H3. The third-order valence-electron chi connectivity index (χ3n) is 6.17. The Balaban J connectivity index is 1.89. The highest BCUT2D eigenvalue weighted by atomic mass is 35.5. The number of benzene rings is 2. The molecule has 8 heteroatoms. The summed E-state index contributed by atoms with van der Waals surface area (Å²) in [7, 11) is 3.64. The number of anilines is 1. The zero-order valence-electron chi connectivity index (χ0n) is 18.1. The zero-order chi connectivity index (χ0) is 22.8. The van der Waals surface area contributed by atoms with Gasteiger partial charge < -0.3 is 9.80 Å². The monoisotopic (exact) mass is 452 g/mol. The molecule has 1 saturated carbocycles. The van der Waals surface area contributed by atoms with Crippen molar-refractivity contribution in [2.75, 3.05) is 19.0 Å². The first-order valence-corrected chi connectivity index (χ1v) is 11.1. The van der Waals surface area contributed by atoms with Crippen LogP contribution in [0.4, 0.5) is 11.4 Å². The van der Waals surface area contributed by atoms with E-state index in [-0.39, 0.29) is 17.3 Å². The summed E-state index contributed by atoms with van der Waals surface area (Å²) in [6.07, 6.45) is 7.55. The number of hydrogen-bond acceptors (Lipinski definition) is 5. The van der Waals surface area contributed by atoms with Crippen molar-refractivity contribution in [3.05, 3.63) is 80.6 Å². The molecule has 0 unspecified atom stereocenters. The molecular weight excluding hydrogens is 428 g/mol. The van der Waals surface area contributed by atoms with Gasteiger partial charge in [0.15, 0.2) is 0 Å². The van der Waals surface area contributed by atoms with Crippen LogP contribution in [0.15, 0.2) is 59.4 Å². The van der Waals surface area contributed by atoms with Crippen molar-refractivity contribution in [2.24, 2.45) is 4.99 Å². The Morgan fingerprint density at radius 3 is 2.56 bits per heavy atom. The molecule has 2 aromatic rings. The molecule has 2 aromatic carbocycles. The molecule has 0 N–H and O–H groups in total. The molecule has 1 aliphatic heterocycles. The van der Waals surface area contributed by atoms with Gasteiger partial charge in [0.25, 0.3) is 11.6 Å². The third-order valence-corrected chi connectivity index (χ3v) is 6.50. The first kappa shape index (κ1) is 22.0. The summed E-state index contributed by atoms with van der Waals surface area (Å²) >= 11 is 6.48. The smallest absolute Gasteiger partial charge is 0.278 e. The van der Waals surface area contributed by atoms with Crippen LogP contribution in [0, 0.1) is 10.1 Å². The first-order chi connectivity index (χ1) is 15.4. The van der Waals surface area contributed by atoms with Gasteiger partial charge >= 0.3 is 0 Å². The van der Waals surface area contributed by atoms with Crippen molar-refractivity contribution >= 4 is 34.6 Å². The lowest BCUT2D eigenvalue weighted by atomic mass is 9.95. The average Bonchev–Trinajstić information content (AvgIpc) is 2.90. The van der Waals surface area contributed by atoms with Crippen molar-refractivity contribution in [1.82, 2.24) is 4.90 Å². The summed E-state index contributed by atoms with van der Waals surface area (Å²) in [6.45, 7) is 0. The summed E-state index contributed by atoms with van der Waals surface area (Å²) in [5, 5.41) is 11.9. The van der Waals surface area contributed by atoms with Crippen LogP contribution in [-0.4, -0.2) is 41.6 Å². The van der Waals surface area contributed by atoms with Crippen LogP contribution in [0.1, 0.15) is 43.2 Å². The van der Waals surface area contributed by atoms with Gasteiger partial charge in [0, 0.05) is 54.6 Å². The minimum absolute atomic E-state index is 0.0731. The Hall–Kier alpha value is -3.19. The van der Waals surface area contributed by atoms with Crippen molar-refractivity contribution in [2.45, 2.75) is 38.1 Å². The van der Waals surface area contributed by atoms with Gasteiger partial charge in [-0.2, -0.15) is 0 Å². The van der Waals surface area contributed by atoms with Gasteiger partial charge in [-0.25, -0.2) is 4.99 Å². The molecule has 7 nitrogen and oxygen atoms in total. The lowest BCUT2D eigenvalue weighted by Crippen LogP contribution is -2.32. The molecule has 166 valence electrons. The van der Waals surface area contributed by atoms with Crippen LogP contribution in [0.25, 0.3) is 0 Å². The topological polar surface area (TPSA) is 79.0 Å². The van der Waals surface area contributed by atoms with Gasteiger partial charge in [-0.1, -0.05) is 49.1 Å². The number of hydrogen-bond donors (Lipinski definition) is 0. The second-order valence-corrected chi connectivity index (χ2v) is 8.64. The van der Waals surface area contributed by atoms with E-state index in [9.17, 15) is 14.9 Å². The van der Waals surface area contributed by atoms with Crippen LogP contribution >= 0.6 is 11.6 Å². The average molecular weight is 453 g/mol. The van der Waals surface area contributed by atoms with Gasteiger partial charge in [-0.05, 0) is 25.0 Å². The molecule has 1 aliphatic carbocycles. The molecule has 1 fully saturated rings. The number of aliphatic imine (C=N–C) groups is 1. The molecule has 32 heavy (non-hydrogen) atoms. The molecule has 1 heterocycles. The maximum atomic E-state index is 13.4. The maximum absolute atomic E-state index is 13.4. The summed E-state index contributed by atoms with van der Waals surface area (Å²) in [5.41, 5.74) is 2.29. The van der Waals surface area contributed by atoms with Crippen LogP contribution < -0.4 is 4.90 Å². The largest absolute Gasteiger partial charge is 0.376 e. The van der Waals surface area contributed by atoms with Gasteiger partial charge in [0.1, 0.15) is 5.70 Å². The minimum Gasteiger partial charge on any atom is -0.376 e. The van der Waals surface area contributed by atoms with Crippen molar-refractivity contribution in [3.8, 4) is 0 Å². The molecule has 0 spiro atoms. The summed E-state index contributed by atoms with van der Waals surface area (Å²) < 4.78 is 0. The van der Waals surface area contributed by atoms with E-state index < -0.39 is 4.92 Å². The predicted molar refractivity (Wildman–Crippen MR) is 126 cm³/mol. The summed E-state index contributed by atoms with van der Waals surface area (Å²) in [4.78, 5) is 32.7. The fraction of sp³-hybridized carbons (Fsp3) is 0.333. The Bertz CT molecular complexity index is 1120. The van der Waals surface area contributed by atoms with Crippen molar-refractivity contribution in [3.63, 3.8) is 0 Å². The lowest BCUT2D eigenvalue weighted by molar-refractivity contribution is -0.384. The SMILES string of the molecule is CN1C(=O)C(=CN(C)C2CCCCC2)N=C(c2ccccc2Cl)c2cc([N+](=O)[O-])ccc21. The summed E-state index contributed by atoms with van der Waals surface area (Å²) in [5.74, 6) is -0.273. The van der Waals surface area contributed by atoms with Crippen LogP contribution in [0.5, 0.6) is 0 Å². The second-order valence-electron chi connectivity index (χ2n) is 8.23. The fourth-order valence-electron chi connectivity index (χ4n) is 4.36. The quantitative estimate of drug-likeness (QED) is 0.364. The number of carbonyl (C=O) groups excluding carboxylic acids is 1. The highest BCUT2D eigenvalue weighted by molar-refractivity contribution is 6.36. The number of nitro groups is 1. The van der Waals surface area contributed by atoms with Crippen LogP contribution in [0.2, 0.25) is 5.02 Å². The second kappa shape index (κ2) is 9.12. The number of non-ortho nitro benzene ring substituents is 1. The molecule has 0 aromatic heterocycles. The molecule has 2 aliphatic rings. The molecule has 4 rings (SSSR count).